The van der Waals surface area contributed by atoms with Gasteiger partial charge in [-0.1, -0.05) is 23.4 Å². The Morgan fingerprint density at radius 1 is 1.15 bits per heavy atom. The molecule has 2 aromatic rings. The minimum Gasteiger partial charge on any atom is -0.490 e. The van der Waals surface area contributed by atoms with E-state index in [9.17, 15) is 9.18 Å². The van der Waals surface area contributed by atoms with Gasteiger partial charge >= 0.3 is 5.97 Å². The van der Waals surface area contributed by atoms with Crippen molar-refractivity contribution in [1.82, 2.24) is 0 Å². The second kappa shape index (κ2) is 7.82. The summed E-state index contributed by atoms with van der Waals surface area (Å²) in [7, 11) is 0. The van der Waals surface area contributed by atoms with Crippen LogP contribution in [0.5, 0.6) is 11.5 Å². The minimum atomic E-state index is -0.480. The van der Waals surface area contributed by atoms with E-state index in [0.717, 1.165) is 11.1 Å². The molecule has 0 aromatic heterocycles. The first-order valence-corrected chi connectivity index (χ1v) is 8.19. The Kier molecular flexibility index (Phi) is 5.31. The number of oxime groups is 1. The largest absolute Gasteiger partial charge is 0.490 e. The zero-order valence-electron chi connectivity index (χ0n) is 14.5. The van der Waals surface area contributed by atoms with Crippen LogP contribution in [0.1, 0.15) is 25.0 Å². The molecule has 0 bridgehead atoms. The van der Waals surface area contributed by atoms with E-state index in [1.165, 1.54) is 12.1 Å². The SMILES string of the molecule is CCOc1cc(C=C2C(=O)ON=C2C)ccc1OCc1cccc(F)c1. The molecule has 0 aliphatic carbocycles. The molecule has 2 aromatic carbocycles. The Hall–Kier alpha value is -3.15. The Bertz CT molecular complexity index is 889. The predicted molar refractivity (Wildman–Crippen MR) is 95.5 cm³/mol. The summed E-state index contributed by atoms with van der Waals surface area (Å²) in [5.41, 5.74) is 2.41. The number of nitrogens with zero attached hydrogens (tertiary/aromatic N) is 1. The first-order chi connectivity index (χ1) is 12.6. The first-order valence-electron chi connectivity index (χ1n) is 8.19. The Labute approximate surface area is 150 Å². The fraction of sp³-hybridized carbons (Fsp3) is 0.200. The van der Waals surface area contributed by atoms with E-state index >= 15 is 0 Å². The predicted octanol–water partition coefficient (Wildman–Crippen LogP) is 4.12. The molecule has 0 amide bonds. The third-order valence-electron chi connectivity index (χ3n) is 3.74. The summed E-state index contributed by atoms with van der Waals surface area (Å²) in [5, 5.41) is 3.65. The summed E-state index contributed by atoms with van der Waals surface area (Å²) < 4.78 is 24.7. The molecule has 6 heteroatoms. The number of benzene rings is 2. The average molecular weight is 355 g/mol. The van der Waals surface area contributed by atoms with E-state index in [0.29, 0.717) is 29.4 Å². The molecule has 1 aliphatic heterocycles. The van der Waals surface area contributed by atoms with Crippen LogP contribution in [0.15, 0.2) is 53.2 Å². The monoisotopic (exact) mass is 355 g/mol. The van der Waals surface area contributed by atoms with Gasteiger partial charge in [-0.2, -0.15) is 0 Å². The van der Waals surface area contributed by atoms with Crippen LogP contribution < -0.4 is 9.47 Å². The fourth-order valence-corrected chi connectivity index (χ4v) is 2.48. The normalized spacial score (nSPS) is 15.0. The van der Waals surface area contributed by atoms with Gasteiger partial charge in [0, 0.05) is 0 Å². The van der Waals surface area contributed by atoms with E-state index in [2.05, 4.69) is 9.99 Å². The molecule has 0 saturated carbocycles. The highest BCUT2D eigenvalue weighted by Crippen LogP contribution is 2.30. The van der Waals surface area contributed by atoms with Crippen molar-refractivity contribution in [3.63, 3.8) is 0 Å². The number of carbonyl (C=O) groups excluding carboxylic acids is 1. The molecule has 0 saturated heterocycles. The van der Waals surface area contributed by atoms with Crippen LogP contribution in [0.2, 0.25) is 0 Å². The molecule has 1 heterocycles. The standard InChI is InChI=1S/C20H18FNO4/c1-3-24-19-11-14(10-17-13(2)22-26-20(17)23)7-8-18(19)25-12-15-5-4-6-16(21)9-15/h4-11H,3,12H2,1-2H3. The van der Waals surface area contributed by atoms with E-state index in [1.54, 1.807) is 43.3 Å². The molecule has 0 unspecified atom stereocenters. The van der Waals surface area contributed by atoms with Gasteiger partial charge in [-0.25, -0.2) is 9.18 Å². The third-order valence-corrected chi connectivity index (χ3v) is 3.74. The van der Waals surface area contributed by atoms with Crippen molar-refractivity contribution >= 4 is 17.8 Å². The molecular weight excluding hydrogens is 337 g/mol. The lowest BCUT2D eigenvalue weighted by molar-refractivity contribution is -0.136. The van der Waals surface area contributed by atoms with Crippen LogP contribution in [0.25, 0.3) is 6.08 Å². The number of ether oxygens (including phenoxy) is 2. The molecule has 5 nitrogen and oxygen atoms in total. The number of rotatable bonds is 6. The van der Waals surface area contributed by atoms with E-state index < -0.39 is 5.97 Å². The van der Waals surface area contributed by atoms with Gasteiger partial charge in [0.1, 0.15) is 12.4 Å². The van der Waals surface area contributed by atoms with Crippen LogP contribution in [0, 0.1) is 5.82 Å². The van der Waals surface area contributed by atoms with Crippen LogP contribution in [-0.2, 0) is 16.2 Å². The average Bonchev–Trinajstić information content (AvgIpc) is 2.93. The third kappa shape index (κ3) is 4.08. The lowest BCUT2D eigenvalue weighted by atomic mass is 10.1. The van der Waals surface area contributed by atoms with Crippen molar-refractivity contribution < 1.29 is 23.5 Å². The summed E-state index contributed by atoms with van der Waals surface area (Å²) in [4.78, 5) is 16.3. The molecule has 0 N–H and O–H groups in total. The maximum atomic E-state index is 13.3. The van der Waals surface area contributed by atoms with Crippen molar-refractivity contribution in [1.29, 1.82) is 0 Å². The summed E-state index contributed by atoms with van der Waals surface area (Å²) in [6.07, 6.45) is 1.69. The van der Waals surface area contributed by atoms with Crippen molar-refractivity contribution in [2.45, 2.75) is 20.5 Å². The molecule has 0 spiro atoms. The second-order valence-corrected chi connectivity index (χ2v) is 5.67. The Morgan fingerprint density at radius 2 is 2.00 bits per heavy atom. The quantitative estimate of drug-likeness (QED) is 0.578. The van der Waals surface area contributed by atoms with Gasteiger partial charge in [0.2, 0.25) is 0 Å². The van der Waals surface area contributed by atoms with E-state index in [4.69, 9.17) is 9.47 Å². The van der Waals surface area contributed by atoms with Gasteiger partial charge in [0.15, 0.2) is 11.5 Å². The van der Waals surface area contributed by atoms with E-state index in [1.807, 2.05) is 6.92 Å². The van der Waals surface area contributed by atoms with Gasteiger partial charge < -0.3 is 14.3 Å². The van der Waals surface area contributed by atoms with Gasteiger partial charge in [-0.3, -0.25) is 0 Å². The maximum absolute atomic E-state index is 13.3. The summed E-state index contributed by atoms with van der Waals surface area (Å²) in [6.45, 7) is 4.25. The molecule has 0 radical (unpaired) electrons. The molecule has 26 heavy (non-hydrogen) atoms. The lowest BCUT2D eigenvalue weighted by Gasteiger charge is -2.13. The number of hydrogen-bond donors (Lipinski definition) is 0. The van der Waals surface area contributed by atoms with Gasteiger partial charge in [-0.05, 0) is 55.3 Å². The van der Waals surface area contributed by atoms with Gasteiger partial charge in [-0.15, -0.1) is 0 Å². The smallest absolute Gasteiger partial charge is 0.367 e. The van der Waals surface area contributed by atoms with Gasteiger partial charge in [0.05, 0.1) is 17.9 Å². The van der Waals surface area contributed by atoms with Crippen LogP contribution in [-0.4, -0.2) is 18.3 Å². The zero-order valence-corrected chi connectivity index (χ0v) is 14.5. The second-order valence-electron chi connectivity index (χ2n) is 5.67. The highest BCUT2D eigenvalue weighted by Gasteiger charge is 2.22. The Balaban J connectivity index is 1.81. The number of halogens is 1. The molecule has 0 atom stereocenters. The van der Waals surface area contributed by atoms with Gasteiger partial charge in [0.25, 0.3) is 0 Å². The van der Waals surface area contributed by atoms with Crippen LogP contribution >= 0.6 is 0 Å². The van der Waals surface area contributed by atoms with Crippen molar-refractivity contribution in [2.75, 3.05) is 6.61 Å². The van der Waals surface area contributed by atoms with Crippen LogP contribution in [0.4, 0.5) is 4.39 Å². The Morgan fingerprint density at radius 3 is 2.69 bits per heavy atom. The van der Waals surface area contributed by atoms with Crippen molar-refractivity contribution in [3.8, 4) is 11.5 Å². The molecular formula is C20H18FNO4. The van der Waals surface area contributed by atoms with Crippen LogP contribution in [0.3, 0.4) is 0 Å². The molecule has 0 fully saturated rings. The highest BCUT2D eigenvalue weighted by atomic mass is 19.1. The molecule has 1 aliphatic rings. The summed E-state index contributed by atoms with van der Waals surface area (Å²) in [5.74, 6) is 0.294. The molecule has 3 rings (SSSR count). The number of hydrogen-bond acceptors (Lipinski definition) is 5. The first kappa shape index (κ1) is 17.7. The topological polar surface area (TPSA) is 57.1 Å². The lowest BCUT2D eigenvalue weighted by Crippen LogP contribution is -2.02. The number of carbonyl (C=O) groups is 1. The zero-order chi connectivity index (χ0) is 18.5. The van der Waals surface area contributed by atoms with Crippen molar-refractivity contribution in [3.05, 3.63) is 65.0 Å². The maximum Gasteiger partial charge on any atom is 0.367 e. The molecule has 134 valence electrons. The highest BCUT2D eigenvalue weighted by molar-refractivity contribution is 6.24. The summed E-state index contributed by atoms with van der Waals surface area (Å²) >= 11 is 0. The minimum absolute atomic E-state index is 0.219. The van der Waals surface area contributed by atoms with E-state index in [-0.39, 0.29) is 12.4 Å². The summed E-state index contributed by atoms with van der Waals surface area (Å²) in [6, 6.07) is 11.6. The van der Waals surface area contributed by atoms with Crippen molar-refractivity contribution in [2.24, 2.45) is 5.16 Å². The fourth-order valence-electron chi connectivity index (χ4n) is 2.48.